The van der Waals surface area contributed by atoms with E-state index in [4.69, 9.17) is 6.57 Å². The normalized spacial score (nSPS) is 10.1. The van der Waals surface area contributed by atoms with E-state index in [0.29, 0.717) is 6.54 Å². The highest BCUT2D eigenvalue weighted by atomic mass is 79.9. The van der Waals surface area contributed by atoms with Crippen LogP contribution in [0.15, 0.2) is 34.9 Å². The Kier molecular flexibility index (Phi) is 2.98. The van der Waals surface area contributed by atoms with Gasteiger partial charge in [-0.2, -0.15) is 0 Å². The van der Waals surface area contributed by atoms with Gasteiger partial charge in [0.1, 0.15) is 0 Å². The number of rotatable bonds is 2. The Balaban J connectivity index is 2.41. The van der Waals surface area contributed by atoms with Crippen LogP contribution in [0.3, 0.4) is 0 Å². The quantitative estimate of drug-likeness (QED) is 0.757. The first-order valence-electron chi connectivity index (χ1n) is 4.67. The van der Waals surface area contributed by atoms with Gasteiger partial charge >= 0.3 is 0 Å². The first-order valence-corrected chi connectivity index (χ1v) is 5.46. The summed E-state index contributed by atoms with van der Waals surface area (Å²) < 4.78 is 1.05. The lowest BCUT2D eigenvalue weighted by molar-refractivity contribution is 1.07. The molecule has 1 heterocycles. The van der Waals surface area contributed by atoms with Crippen molar-refractivity contribution in [3.63, 3.8) is 0 Å². The Hall–Kier alpha value is -1.40. The van der Waals surface area contributed by atoms with Gasteiger partial charge in [0, 0.05) is 22.5 Å². The molecule has 0 aliphatic carbocycles. The molecule has 0 atom stereocenters. The molecule has 0 N–H and O–H groups in total. The smallest absolute Gasteiger partial charge is 0.218 e. The lowest BCUT2D eigenvalue weighted by Crippen LogP contribution is -1.89. The molecular formula is C12H9BrN2. The van der Waals surface area contributed by atoms with Crippen LogP contribution in [0, 0.1) is 6.57 Å². The van der Waals surface area contributed by atoms with Crippen LogP contribution in [0.1, 0.15) is 5.56 Å². The highest BCUT2D eigenvalue weighted by Gasteiger charge is 1.99. The predicted octanol–water partition coefficient (Wildman–Crippen LogP) is 3.46. The monoisotopic (exact) mass is 260 g/mol. The summed E-state index contributed by atoms with van der Waals surface area (Å²) in [5.41, 5.74) is 2.11. The Morgan fingerprint density at radius 2 is 2.20 bits per heavy atom. The minimum absolute atomic E-state index is 0.529. The molecular weight excluding hydrogens is 252 g/mol. The molecule has 0 saturated heterocycles. The lowest BCUT2D eigenvalue weighted by atomic mass is 10.1. The van der Waals surface area contributed by atoms with Crippen molar-refractivity contribution in [1.82, 2.24) is 4.98 Å². The van der Waals surface area contributed by atoms with E-state index in [-0.39, 0.29) is 0 Å². The van der Waals surface area contributed by atoms with Crippen LogP contribution in [0.25, 0.3) is 15.7 Å². The predicted molar refractivity (Wildman–Crippen MR) is 64.6 cm³/mol. The Morgan fingerprint density at radius 1 is 1.33 bits per heavy atom. The second-order valence-electron chi connectivity index (χ2n) is 3.31. The molecule has 1 aromatic carbocycles. The fraction of sp³-hybridized carbons (Fsp3) is 0.167. The third-order valence-corrected chi connectivity index (χ3v) is 2.71. The third kappa shape index (κ3) is 2.34. The summed E-state index contributed by atoms with van der Waals surface area (Å²) in [6, 6.07) is 8.11. The van der Waals surface area contributed by atoms with Gasteiger partial charge in [0.2, 0.25) is 6.54 Å². The fourth-order valence-electron chi connectivity index (χ4n) is 1.47. The molecule has 0 bridgehead atoms. The Morgan fingerprint density at radius 3 is 3.00 bits per heavy atom. The molecule has 3 heteroatoms. The number of fused-ring (bicyclic) bond motifs is 1. The van der Waals surface area contributed by atoms with Crippen LogP contribution in [0.4, 0.5) is 0 Å². The number of benzene rings is 1. The fourth-order valence-corrected chi connectivity index (χ4v) is 1.85. The zero-order valence-corrected chi connectivity index (χ0v) is 9.66. The molecule has 15 heavy (non-hydrogen) atoms. The number of pyridine rings is 1. The van der Waals surface area contributed by atoms with Crippen molar-refractivity contribution in [2.45, 2.75) is 6.42 Å². The molecule has 0 aliphatic rings. The summed E-state index contributed by atoms with van der Waals surface area (Å²) in [7, 11) is 0. The van der Waals surface area contributed by atoms with Gasteiger partial charge < -0.3 is 4.85 Å². The van der Waals surface area contributed by atoms with Crippen LogP contribution in [0.5, 0.6) is 0 Å². The van der Waals surface area contributed by atoms with Crippen LogP contribution in [-0.4, -0.2) is 11.5 Å². The van der Waals surface area contributed by atoms with Gasteiger partial charge in [-0.15, -0.1) is 0 Å². The maximum absolute atomic E-state index is 6.75. The number of hydrogen-bond acceptors (Lipinski definition) is 1. The molecule has 2 aromatic rings. The van der Waals surface area contributed by atoms with E-state index < -0.39 is 0 Å². The molecule has 0 unspecified atom stereocenters. The van der Waals surface area contributed by atoms with Crippen LogP contribution >= 0.6 is 15.9 Å². The largest absolute Gasteiger partial charge is 0.317 e. The van der Waals surface area contributed by atoms with Crippen molar-refractivity contribution in [3.8, 4) is 0 Å². The standard InChI is InChI=1S/C12H9BrN2/c1-14-5-4-9-6-10-7-11(13)2-3-12(10)15-8-9/h2-3,6-8H,4-5H2. The molecule has 74 valence electrons. The molecule has 0 amide bonds. The van der Waals surface area contributed by atoms with Gasteiger partial charge in [0.25, 0.3) is 0 Å². The maximum atomic E-state index is 6.75. The Bertz CT molecular complexity index is 529. The summed E-state index contributed by atoms with van der Waals surface area (Å²) in [5.74, 6) is 0. The summed E-state index contributed by atoms with van der Waals surface area (Å²) in [4.78, 5) is 7.69. The number of nitrogens with zero attached hydrogens (tertiary/aromatic N) is 2. The van der Waals surface area contributed by atoms with Gasteiger partial charge in [-0.3, -0.25) is 4.98 Å². The van der Waals surface area contributed by atoms with E-state index in [2.05, 4.69) is 31.8 Å². The van der Waals surface area contributed by atoms with E-state index in [1.165, 1.54) is 0 Å². The number of halogens is 1. The minimum atomic E-state index is 0.529. The summed E-state index contributed by atoms with van der Waals surface area (Å²) >= 11 is 3.43. The lowest BCUT2D eigenvalue weighted by Gasteiger charge is -2.00. The molecule has 0 fully saturated rings. The van der Waals surface area contributed by atoms with Gasteiger partial charge in [-0.1, -0.05) is 15.9 Å². The van der Waals surface area contributed by atoms with Crippen LogP contribution in [-0.2, 0) is 6.42 Å². The minimum Gasteiger partial charge on any atom is -0.317 e. The second kappa shape index (κ2) is 4.41. The average Bonchev–Trinajstić information content (AvgIpc) is 2.25. The van der Waals surface area contributed by atoms with E-state index >= 15 is 0 Å². The van der Waals surface area contributed by atoms with Gasteiger partial charge in [-0.05, 0) is 29.8 Å². The summed E-state index contributed by atoms with van der Waals surface area (Å²) in [6.45, 7) is 7.28. The third-order valence-electron chi connectivity index (χ3n) is 2.21. The first kappa shape index (κ1) is 10.1. The van der Waals surface area contributed by atoms with E-state index in [9.17, 15) is 0 Å². The zero-order chi connectivity index (χ0) is 10.7. The summed E-state index contributed by atoms with van der Waals surface area (Å²) in [5, 5.41) is 1.12. The second-order valence-corrected chi connectivity index (χ2v) is 4.23. The molecule has 0 radical (unpaired) electrons. The van der Waals surface area contributed by atoms with Crippen molar-refractivity contribution >= 4 is 26.8 Å². The van der Waals surface area contributed by atoms with E-state index in [0.717, 1.165) is 27.4 Å². The average molecular weight is 261 g/mol. The SMILES string of the molecule is [C-]#[N+]CCc1cnc2ccc(Br)cc2c1. The van der Waals surface area contributed by atoms with Crippen molar-refractivity contribution in [1.29, 1.82) is 0 Å². The highest BCUT2D eigenvalue weighted by Crippen LogP contribution is 2.19. The molecule has 2 rings (SSSR count). The first-order chi connectivity index (χ1) is 7.29. The highest BCUT2D eigenvalue weighted by molar-refractivity contribution is 9.10. The molecule has 1 aromatic heterocycles. The van der Waals surface area contributed by atoms with Crippen LogP contribution in [0.2, 0.25) is 0 Å². The molecule has 2 nitrogen and oxygen atoms in total. The van der Waals surface area contributed by atoms with E-state index in [1.54, 1.807) is 0 Å². The van der Waals surface area contributed by atoms with Gasteiger partial charge in [-0.25, -0.2) is 6.57 Å². The topological polar surface area (TPSA) is 17.2 Å². The zero-order valence-electron chi connectivity index (χ0n) is 8.07. The molecule has 0 saturated carbocycles. The van der Waals surface area contributed by atoms with Crippen LogP contribution < -0.4 is 0 Å². The van der Waals surface area contributed by atoms with Crippen molar-refractivity contribution < 1.29 is 0 Å². The molecule has 0 spiro atoms. The maximum Gasteiger partial charge on any atom is 0.218 e. The number of aromatic nitrogens is 1. The van der Waals surface area contributed by atoms with E-state index in [1.807, 2.05) is 24.4 Å². The number of hydrogen-bond donors (Lipinski definition) is 0. The van der Waals surface area contributed by atoms with Crippen molar-refractivity contribution in [2.75, 3.05) is 6.54 Å². The van der Waals surface area contributed by atoms with Crippen molar-refractivity contribution in [2.24, 2.45) is 0 Å². The van der Waals surface area contributed by atoms with Gasteiger partial charge in [0.05, 0.1) is 5.52 Å². The Labute approximate surface area is 96.9 Å². The van der Waals surface area contributed by atoms with Gasteiger partial charge in [0.15, 0.2) is 0 Å². The molecule has 0 aliphatic heterocycles. The van der Waals surface area contributed by atoms with Crippen molar-refractivity contribution in [3.05, 3.63) is 51.9 Å². The summed E-state index contributed by atoms with van der Waals surface area (Å²) in [6.07, 6.45) is 2.63.